The molecule has 2 heterocycles. The van der Waals surface area contributed by atoms with Gasteiger partial charge in [0.2, 0.25) is 0 Å². The molecule has 0 aromatic heterocycles. The fourth-order valence-corrected chi connectivity index (χ4v) is 3.06. The minimum Gasteiger partial charge on any atom is -0.481 e. The fraction of sp³-hybridized carbons (Fsp3) is 0.533. The van der Waals surface area contributed by atoms with Crippen LogP contribution < -0.4 is 10.2 Å². The highest BCUT2D eigenvalue weighted by atomic mass is 19.1. The van der Waals surface area contributed by atoms with Gasteiger partial charge in [-0.15, -0.1) is 0 Å². The van der Waals surface area contributed by atoms with Crippen molar-refractivity contribution in [3.05, 3.63) is 29.6 Å². The SMILES string of the molecule is O=C(O)C1CNC(c2cc(F)ccc2N2CCOCC2)C1. The van der Waals surface area contributed by atoms with Crippen LogP contribution in [0.15, 0.2) is 18.2 Å². The van der Waals surface area contributed by atoms with E-state index in [2.05, 4.69) is 10.2 Å². The molecule has 0 aliphatic carbocycles. The van der Waals surface area contributed by atoms with E-state index in [9.17, 15) is 9.18 Å². The molecule has 2 N–H and O–H groups in total. The van der Waals surface area contributed by atoms with Crippen molar-refractivity contribution in [1.82, 2.24) is 5.32 Å². The van der Waals surface area contributed by atoms with E-state index in [1.165, 1.54) is 12.1 Å². The molecule has 2 aliphatic rings. The van der Waals surface area contributed by atoms with E-state index >= 15 is 0 Å². The molecule has 2 fully saturated rings. The van der Waals surface area contributed by atoms with Crippen molar-refractivity contribution in [3.63, 3.8) is 0 Å². The van der Waals surface area contributed by atoms with Gasteiger partial charge < -0.3 is 20.1 Å². The third-order valence-electron chi connectivity index (χ3n) is 4.20. The minimum absolute atomic E-state index is 0.111. The summed E-state index contributed by atoms with van der Waals surface area (Å²) in [6.45, 7) is 3.29. The number of nitrogens with one attached hydrogen (secondary N) is 1. The number of nitrogens with zero attached hydrogens (tertiary/aromatic N) is 1. The summed E-state index contributed by atoms with van der Waals surface area (Å²) in [4.78, 5) is 13.3. The molecule has 5 nitrogen and oxygen atoms in total. The van der Waals surface area contributed by atoms with Gasteiger partial charge in [-0.25, -0.2) is 4.39 Å². The normalized spacial score (nSPS) is 26.0. The van der Waals surface area contributed by atoms with E-state index in [0.29, 0.717) is 26.2 Å². The molecule has 2 unspecified atom stereocenters. The Balaban J connectivity index is 1.86. The van der Waals surface area contributed by atoms with Gasteiger partial charge in [0.05, 0.1) is 19.1 Å². The molecule has 114 valence electrons. The van der Waals surface area contributed by atoms with Crippen molar-refractivity contribution in [2.24, 2.45) is 5.92 Å². The van der Waals surface area contributed by atoms with E-state index in [0.717, 1.165) is 24.3 Å². The summed E-state index contributed by atoms with van der Waals surface area (Å²) in [5, 5.41) is 12.3. The molecule has 2 aliphatic heterocycles. The zero-order valence-corrected chi connectivity index (χ0v) is 11.7. The van der Waals surface area contributed by atoms with Gasteiger partial charge in [-0.3, -0.25) is 4.79 Å². The average molecular weight is 294 g/mol. The second kappa shape index (κ2) is 5.99. The third kappa shape index (κ3) is 3.01. The van der Waals surface area contributed by atoms with E-state index in [1.54, 1.807) is 6.07 Å². The highest BCUT2D eigenvalue weighted by molar-refractivity contribution is 5.71. The molecule has 2 atom stereocenters. The molecule has 3 rings (SSSR count). The van der Waals surface area contributed by atoms with Crippen LogP contribution in [0.2, 0.25) is 0 Å². The monoisotopic (exact) mass is 294 g/mol. The van der Waals surface area contributed by atoms with Gasteiger partial charge in [-0.05, 0) is 30.2 Å². The molecular weight excluding hydrogens is 275 g/mol. The van der Waals surface area contributed by atoms with E-state index in [4.69, 9.17) is 9.84 Å². The average Bonchev–Trinajstić information content (AvgIpc) is 2.98. The molecule has 21 heavy (non-hydrogen) atoms. The number of rotatable bonds is 3. The maximum absolute atomic E-state index is 13.6. The standard InChI is InChI=1S/C15H19FN2O3/c16-11-1-2-14(18-3-5-21-6-4-18)12(8-11)13-7-10(9-17-13)15(19)20/h1-2,8,10,13,17H,3-7,9H2,(H,19,20). The van der Waals surface area contributed by atoms with Crippen molar-refractivity contribution in [1.29, 1.82) is 0 Å². The number of anilines is 1. The van der Waals surface area contributed by atoms with Crippen molar-refractivity contribution >= 4 is 11.7 Å². The van der Waals surface area contributed by atoms with Crippen LogP contribution in [0.1, 0.15) is 18.0 Å². The molecule has 1 aromatic rings. The maximum atomic E-state index is 13.6. The molecule has 0 amide bonds. The number of benzene rings is 1. The van der Waals surface area contributed by atoms with Crippen molar-refractivity contribution in [2.75, 3.05) is 37.7 Å². The largest absolute Gasteiger partial charge is 0.481 e. The van der Waals surface area contributed by atoms with Crippen LogP contribution in [0, 0.1) is 11.7 Å². The molecule has 1 aromatic carbocycles. The number of halogens is 1. The van der Waals surface area contributed by atoms with Gasteiger partial charge >= 0.3 is 5.97 Å². The van der Waals surface area contributed by atoms with E-state index < -0.39 is 11.9 Å². The number of carbonyl (C=O) groups is 1. The molecular formula is C15H19FN2O3. The number of ether oxygens (including phenoxy) is 1. The molecule has 0 bridgehead atoms. The van der Waals surface area contributed by atoms with Crippen molar-refractivity contribution in [3.8, 4) is 0 Å². The first-order chi connectivity index (χ1) is 10.1. The van der Waals surface area contributed by atoms with Gasteiger partial charge in [-0.1, -0.05) is 0 Å². The maximum Gasteiger partial charge on any atom is 0.307 e. The van der Waals surface area contributed by atoms with Crippen LogP contribution in [0.3, 0.4) is 0 Å². The minimum atomic E-state index is -0.797. The first-order valence-corrected chi connectivity index (χ1v) is 7.23. The molecule has 6 heteroatoms. The van der Waals surface area contributed by atoms with Crippen LogP contribution in [-0.4, -0.2) is 43.9 Å². The lowest BCUT2D eigenvalue weighted by molar-refractivity contribution is -0.141. The lowest BCUT2D eigenvalue weighted by Crippen LogP contribution is -2.37. The summed E-state index contributed by atoms with van der Waals surface area (Å²) in [5.74, 6) is -1.49. The highest BCUT2D eigenvalue weighted by Crippen LogP contribution is 2.34. The number of hydrogen-bond acceptors (Lipinski definition) is 4. The fourth-order valence-electron chi connectivity index (χ4n) is 3.06. The van der Waals surface area contributed by atoms with Crippen molar-refractivity contribution < 1.29 is 19.0 Å². The lowest BCUT2D eigenvalue weighted by atomic mass is 9.98. The Morgan fingerprint density at radius 3 is 2.81 bits per heavy atom. The quantitative estimate of drug-likeness (QED) is 0.882. The highest BCUT2D eigenvalue weighted by Gasteiger charge is 2.32. The number of carboxylic acid groups (broad SMARTS) is 1. The van der Waals surface area contributed by atoms with Gasteiger partial charge in [0, 0.05) is 31.4 Å². The van der Waals surface area contributed by atoms with Crippen LogP contribution >= 0.6 is 0 Å². The Morgan fingerprint density at radius 1 is 1.38 bits per heavy atom. The van der Waals surface area contributed by atoms with E-state index in [1.807, 2.05) is 0 Å². The smallest absolute Gasteiger partial charge is 0.307 e. The second-order valence-corrected chi connectivity index (χ2v) is 5.53. The zero-order chi connectivity index (χ0) is 14.8. The van der Waals surface area contributed by atoms with Gasteiger partial charge in [-0.2, -0.15) is 0 Å². The summed E-state index contributed by atoms with van der Waals surface area (Å²) in [7, 11) is 0. The summed E-state index contributed by atoms with van der Waals surface area (Å²) in [5.41, 5.74) is 1.82. The van der Waals surface area contributed by atoms with E-state index in [-0.39, 0.29) is 11.9 Å². The molecule has 2 saturated heterocycles. The van der Waals surface area contributed by atoms with Gasteiger partial charge in [0.25, 0.3) is 0 Å². The first kappa shape index (κ1) is 14.3. The molecule has 0 saturated carbocycles. The first-order valence-electron chi connectivity index (χ1n) is 7.23. The van der Waals surface area contributed by atoms with Gasteiger partial charge in [0.1, 0.15) is 5.82 Å². The van der Waals surface area contributed by atoms with Crippen LogP contribution in [-0.2, 0) is 9.53 Å². The Labute approximate surface area is 122 Å². The number of hydrogen-bond donors (Lipinski definition) is 2. The van der Waals surface area contributed by atoms with Crippen molar-refractivity contribution in [2.45, 2.75) is 12.5 Å². The van der Waals surface area contributed by atoms with Crippen LogP contribution in [0.25, 0.3) is 0 Å². The Hall–Kier alpha value is -1.66. The van der Waals surface area contributed by atoms with Crippen LogP contribution in [0.4, 0.5) is 10.1 Å². The topological polar surface area (TPSA) is 61.8 Å². The number of morpholine rings is 1. The third-order valence-corrected chi connectivity index (χ3v) is 4.20. The Kier molecular flexibility index (Phi) is 4.07. The van der Waals surface area contributed by atoms with Gasteiger partial charge in [0.15, 0.2) is 0 Å². The predicted molar refractivity (Wildman–Crippen MR) is 75.9 cm³/mol. The second-order valence-electron chi connectivity index (χ2n) is 5.53. The summed E-state index contributed by atoms with van der Waals surface area (Å²) >= 11 is 0. The lowest BCUT2D eigenvalue weighted by Gasteiger charge is -2.32. The summed E-state index contributed by atoms with van der Waals surface area (Å²) in [6.07, 6.45) is 0.496. The summed E-state index contributed by atoms with van der Waals surface area (Å²) in [6, 6.07) is 4.65. The zero-order valence-electron chi connectivity index (χ0n) is 11.7. The summed E-state index contributed by atoms with van der Waals surface area (Å²) < 4.78 is 19.0. The Morgan fingerprint density at radius 2 is 2.14 bits per heavy atom. The molecule has 0 radical (unpaired) electrons. The number of aliphatic carboxylic acids is 1. The predicted octanol–water partition coefficient (Wildman–Crippen LogP) is 1.40. The van der Waals surface area contributed by atoms with Crippen LogP contribution in [0.5, 0.6) is 0 Å². The molecule has 0 spiro atoms. The Bertz CT molecular complexity index is 532. The number of carboxylic acids is 1.